The molecule has 4 heteroatoms. The zero-order valence-electron chi connectivity index (χ0n) is 14.2. The third kappa shape index (κ3) is 3.20. The maximum Gasteiger partial charge on any atom is 0.100 e. The summed E-state index contributed by atoms with van der Waals surface area (Å²) in [6.45, 7) is 10.9. The van der Waals surface area contributed by atoms with E-state index in [2.05, 4.69) is 49.0 Å². The van der Waals surface area contributed by atoms with Crippen LogP contribution in [0.3, 0.4) is 0 Å². The highest BCUT2D eigenvalue weighted by Crippen LogP contribution is 2.19. The Bertz CT molecular complexity index is 753. The van der Waals surface area contributed by atoms with Gasteiger partial charge in [-0.05, 0) is 25.0 Å². The molecular formula is C18H22N3Si. The normalized spacial score (nSPS) is 12.3. The molecule has 0 fully saturated rings. The van der Waals surface area contributed by atoms with E-state index in [1.165, 1.54) is 5.19 Å². The monoisotopic (exact) mass is 308 g/mol. The number of aromatic nitrogens is 2. The van der Waals surface area contributed by atoms with Crippen molar-refractivity contribution in [2.24, 2.45) is 7.05 Å². The van der Waals surface area contributed by atoms with Gasteiger partial charge in [0.2, 0.25) is 0 Å². The minimum Gasteiger partial charge on any atom is -0.267 e. The molecule has 0 saturated carbocycles. The Kier molecular flexibility index (Phi) is 4.39. The van der Waals surface area contributed by atoms with Crippen molar-refractivity contribution in [1.82, 2.24) is 9.78 Å². The van der Waals surface area contributed by atoms with E-state index in [1.54, 1.807) is 4.68 Å². The fourth-order valence-corrected chi connectivity index (χ4v) is 3.53. The Balaban J connectivity index is 2.45. The molecule has 0 aliphatic rings. The Hall–Kier alpha value is -2.12. The molecule has 113 valence electrons. The first-order valence-corrected chi connectivity index (χ1v) is 10.9. The lowest BCUT2D eigenvalue weighted by Gasteiger charge is -2.16. The lowest BCUT2D eigenvalue weighted by atomic mass is 10.0. The van der Waals surface area contributed by atoms with Crippen LogP contribution in [0.25, 0.3) is 5.57 Å². The molecule has 0 atom stereocenters. The number of nitriles is 1. The van der Waals surface area contributed by atoms with Gasteiger partial charge in [-0.25, -0.2) is 0 Å². The Morgan fingerprint density at radius 3 is 2.14 bits per heavy atom. The topological polar surface area (TPSA) is 41.6 Å². The van der Waals surface area contributed by atoms with Gasteiger partial charge in [0.25, 0.3) is 0 Å². The second-order valence-corrected chi connectivity index (χ2v) is 11.7. The van der Waals surface area contributed by atoms with E-state index in [9.17, 15) is 5.26 Å². The van der Waals surface area contributed by atoms with Crippen LogP contribution in [-0.2, 0) is 7.05 Å². The molecule has 1 heterocycles. The summed E-state index contributed by atoms with van der Waals surface area (Å²) in [7, 11) is 0.564. The summed E-state index contributed by atoms with van der Waals surface area (Å²) in [5.74, 6) is 0. The van der Waals surface area contributed by atoms with Crippen LogP contribution in [0.2, 0.25) is 19.6 Å². The van der Waals surface area contributed by atoms with Crippen LogP contribution < -0.4 is 5.19 Å². The number of nitrogens with zero attached hydrogens (tertiary/aromatic N) is 3. The van der Waals surface area contributed by atoms with E-state index in [4.69, 9.17) is 0 Å². The molecule has 1 radical (unpaired) electrons. The summed E-state index contributed by atoms with van der Waals surface area (Å²) >= 11 is 0. The van der Waals surface area contributed by atoms with Gasteiger partial charge in [-0.3, -0.25) is 4.68 Å². The van der Waals surface area contributed by atoms with E-state index in [0.717, 1.165) is 22.5 Å². The average molecular weight is 308 g/mol. The first kappa shape index (κ1) is 16.3. The van der Waals surface area contributed by atoms with Crippen molar-refractivity contribution in [2.75, 3.05) is 0 Å². The van der Waals surface area contributed by atoms with Crippen molar-refractivity contribution in [3.05, 3.63) is 52.9 Å². The summed E-state index contributed by atoms with van der Waals surface area (Å²) < 4.78 is 1.78. The molecule has 1 aromatic carbocycles. The highest BCUT2D eigenvalue weighted by molar-refractivity contribution is 6.88. The summed E-state index contributed by atoms with van der Waals surface area (Å²) in [6, 6.07) is 10.6. The summed E-state index contributed by atoms with van der Waals surface area (Å²) in [6.07, 6.45) is 3.23. The van der Waals surface area contributed by atoms with Gasteiger partial charge < -0.3 is 0 Å². The third-order valence-corrected chi connectivity index (χ3v) is 5.98. The molecule has 0 bridgehead atoms. The van der Waals surface area contributed by atoms with Crippen molar-refractivity contribution in [3.8, 4) is 6.07 Å². The Morgan fingerprint density at radius 2 is 1.73 bits per heavy atom. The highest BCUT2D eigenvalue weighted by atomic mass is 28.3. The Morgan fingerprint density at radius 1 is 1.14 bits per heavy atom. The smallest absolute Gasteiger partial charge is 0.100 e. The first-order valence-electron chi connectivity index (χ1n) is 7.39. The number of rotatable bonds is 3. The SMILES string of the molecule is Cc1nn(C)c(/[C]=C(/C#N)c2ccc([Si](C)(C)C)cc2)c1C. The molecule has 2 rings (SSSR count). The Labute approximate surface area is 133 Å². The van der Waals surface area contributed by atoms with Gasteiger partial charge in [-0.15, -0.1) is 0 Å². The molecule has 0 N–H and O–H groups in total. The van der Waals surface area contributed by atoms with Crippen molar-refractivity contribution < 1.29 is 0 Å². The number of hydrogen-bond acceptors (Lipinski definition) is 2. The average Bonchev–Trinajstić information content (AvgIpc) is 2.69. The second kappa shape index (κ2) is 5.94. The summed E-state index contributed by atoms with van der Waals surface area (Å²) in [5.41, 5.74) is 4.35. The van der Waals surface area contributed by atoms with Gasteiger partial charge in [0.15, 0.2) is 0 Å². The summed E-state index contributed by atoms with van der Waals surface area (Å²) in [5, 5.41) is 15.3. The van der Waals surface area contributed by atoms with Gasteiger partial charge in [-0.1, -0.05) is 49.1 Å². The van der Waals surface area contributed by atoms with Crippen LogP contribution in [0, 0.1) is 31.3 Å². The quantitative estimate of drug-likeness (QED) is 0.644. The van der Waals surface area contributed by atoms with Crippen molar-refractivity contribution in [2.45, 2.75) is 33.5 Å². The van der Waals surface area contributed by atoms with E-state index in [-0.39, 0.29) is 0 Å². The highest BCUT2D eigenvalue weighted by Gasteiger charge is 2.16. The predicted octanol–water partition coefficient (Wildman–Crippen LogP) is 3.34. The van der Waals surface area contributed by atoms with Crippen molar-refractivity contribution in [3.63, 3.8) is 0 Å². The summed E-state index contributed by atoms with van der Waals surface area (Å²) in [4.78, 5) is 0. The molecule has 0 aliphatic carbocycles. The fourth-order valence-electron chi connectivity index (χ4n) is 2.36. The van der Waals surface area contributed by atoms with Crippen LogP contribution in [0.15, 0.2) is 24.3 Å². The van der Waals surface area contributed by atoms with Crippen LogP contribution in [-0.4, -0.2) is 17.9 Å². The molecular weight excluding hydrogens is 286 g/mol. The van der Waals surface area contributed by atoms with E-state index >= 15 is 0 Å². The standard InChI is InChI=1S/C18H22N3Si/c1-13-14(2)20-21(3)18(13)11-16(12-19)15-7-9-17(10-8-15)22(4,5)6/h7-10H,1-6H3. The van der Waals surface area contributed by atoms with Gasteiger partial charge in [0.05, 0.1) is 25.0 Å². The van der Waals surface area contributed by atoms with Crippen molar-refractivity contribution >= 4 is 18.8 Å². The zero-order valence-corrected chi connectivity index (χ0v) is 15.2. The lowest BCUT2D eigenvalue weighted by Crippen LogP contribution is -2.37. The van der Waals surface area contributed by atoms with Crippen LogP contribution in [0.1, 0.15) is 22.5 Å². The third-order valence-electron chi connectivity index (χ3n) is 3.92. The van der Waals surface area contributed by atoms with E-state index in [1.807, 2.05) is 33.0 Å². The van der Waals surface area contributed by atoms with Gasteiger partial charge in [-0.2, -0.15) is 10.4 Å². The van der Waals surface area contributed by atoms with E-state index in [0.29, 0.717) is 5.57 Å². The van der Waals surface area contributed by atoms with Crippen LogP contribution in [0.5, 0.6) is 0 Å². The van der Waals surface area contributed by atoms with Gasteiger partial charge in [0.1, 0.15) is 6.07 Å². The molecule has 0 amide bonds. The minimum atomic E-state index is -1.32. The fraction of sp³-hybridized carbons (Fsp3) is 0.333. The molecule has 0 saturated heterocycles. The number of benzene rings is 1. The molecule has 0 aliphatic heterocycles. The molecule has 3 nitrogen and oxygen atoms in total. The maximum atomic E-state index is 9.49. The maximum absolute atomic E-state index is 9.49. The number of allylic oxidation sites excluding steroid dienone is 1. The molecule has 1 aromatic heterocycles. The van der Waals surface area contributed by atoms with E-state index < -0.39 is 8.07 Å². The van der Waals surface area contributed by atoms with Crippen molar-refractivity contribution in [1.29, 1.82) is 5.26 Å². The van der Waals surface area contributed by atoms with Gasteiger partial charge in [0, 0.05) is 13.1 Å². The predicted molar refractivity (Wildman–Crippen MR) is 93.5 cm³/mol. The molecule has 2 aromatic rings. The van der Waals surface area contributed by atoms with Crippen LogP contribution in [0.4, 0.5) is 0 Å². The molecule has 0 unspecified atom stereocenters. The largest absolute Gasteiger partial charge is 0.267 e. The second-order valence-electron chi connectivity index (χ2n) is 6.62. The minimum absolute atomic E-state index is 0.549. The lowest BCUT2D eigenvalue weighted by molar-refractivity contribution is 0.741. The number of hydrogen-bond donors (Lipinski definition) is 0. The number of aryl methyl sites for hydroxylation is 2. The molecule has 22 heavy (non-hydrogen) atoms. The first-order chi connectivity index (χ1) is 10.2. The van der Waals surface area contributed by atoms with Gasteiger partial charge >= 0.3 is 0 Å². The van der Waals surface area contributed by atoms with Crippen LogP contribution >= 0.6 is 0 Å². The molecule has 0 spiro atoms. The zero-order chi connectivity index (χ0) is 16.5.